The van der Waals surface area contributed by atoms with Crippen LogP contribution in [0.15, 0.2) is 41.5 Å². The molecule has 0 unspecified atom stereocenters. The number of ether oxygens (including phenoxy) is 2. The van der Waals surface area contributed by atoms with Crippen molar-refractivity contribution in [3.63, 3.8) is 0 Å². The number of nitrogens with one attached hydrogen (secondary N) is 1. The van der Waals surface area contributed by atoms with Crippen molar-refractivity contribution in [3.05, 3.63) is 53.6 Å². The van der Waals surface area contributed by atoms with Crippen molar-refractivity contribution < 1.29 is 36.2 Å². The Morgan fingerprint density at radius 3 is 2.71 bits per heavy atom. The van der Waals surface area contributed by atoms with E-state index in [0.29, 0.717) is 0 Å². The molecule has 12 heteroatoms. The molecule has 2 atom stereocenters. The van der Waals surface area contributed by atoms with Gasteiger partial charge in [-0.15, -0.1) is 0 Å². The van der Waals surface area contributed by atoms with Gasteiger partial charge in [0.1, 0.15) is 22.9 Å². The normalized spacial score (nSPS) is 21.1. The summed E-state index contributed by atoms with van der Waals surface area (Å²) < 4.78 is 76.1. The Labute approximate surface area is 173 Å². The van der Waals surface area contributed by atoms with E-state index in [-0.39, 0.29) is 22.7 Å². The van der Waals surface area contributed by atoms with Gasteiger partial charge in [-0.25, -0.2) is 18.8 Å². The van der Waals surface area contributed by atoms with Crippen molar-refractivity contribution >= 4 is 17.6 Å². The highest BCUT2D eigenvalue weighted by Crippen LogP contribution is 2.41. The number of amides is 1. The van der Waals surface area contributed by atoms with Crippen LogP contribution in [0.3, 0.4) is 0 Å². The van der Waals surface area contributed by atoms with Gasteiger partial charge in [0.05, 0.1) is 6.20 Å². The number of carbonyl (C=O) groups is 1. The van der Waals surface area contributed by atoms with E-state index < -0.39 is 48.8 Å². The summed E-state index contributed by atoms with van der Waals surface area (Å²) in [5.41, 5.74) is 3.43. The van der Waals surface area contributed by atoms with Crippen LogP contribution in [0, 0.1) is 5.82 Å². The predicted octanol–water partition coefficient (Wildman–Crippen LogP) is 3.66. The van der Waals surface area contributed by atoms with Gasteiger partial charge in [-0.2, -0.15) is 13.2 Å². The SMILES string of the molecule is C[C@@]1(c2cc(NC(=O)c3ccc(OCF)cn3)ccc2F)C[C@@H](C(F)(F)F)N=C(N)O1. The molecule has 31 heavy (non-hydrogen) atoms. The Hall–Kier alpha value is -3.44. The second kappa shape index (κ2) is 8.36. The molecule has 0 spiro atoms. The molecule has 1 amide bonds. The van der Waals surface area contributed by atoms with Gasteiger partial charge in [0.2, 0.25) is 6.86 Å². The Balaban J connectivity index is 1.84. The number of nitrogens with zero attached hydrogens (tertiary/aromatic N) is 2. The van der Waals surface area contributed by atoms with Crippen molar-refractivity contribution in [1.82, 2.24) is 4.98 Å². The molecule has 3 N–H and O–H groups in total. The summed E-state index contributed by atoms with van der Waals surface area (Å²) >= 11 is 0. The monoisotopic (exact) mass is 444 g/mol. The number of rotatable bonds is 5. The van der Waals surface area contributed by atoms with Crippen molar-refractivity contribution in [1.29, 1.82) is 0 Å². The smallest absolute Gasteiger partial charge is 0.411 e. The van der Waals surface area contributed by atoms with Gasteiger partial charge in [0.25, 0.3) is 11.9 Å². The Morgan fingerprint density at radius 2 is 2.10 bits per heavy atom. The van der Waals surface area contributed by atoms with Gasteiger partial charge in [-0.05, 0) is 37.3 Å². The number of anilines is 1. The Kier molecular flexibility index (Phi) is 6.00. The van der Waals surface area contributed by atoms with Crippen LogP contribution in [0.4, 0.5) is 27.6 Å². The summed E-state index contributed by atoms with van der Waals surface area (Å²) in [5.74, 6) is -1.42. The summed E-state index contributed by atoms with van der Waals surface area (Å²) in [6.07, 6.45) is -4.26. The first-order chi connectivity index (χ1) is 14.5. The minimum absolute atomic E-state index is 0.0503. The first-order valence-corrected chi connectivity index (χ1v) is 8.87. The van der Waals surface area contributed by atoms with Crippen LogP contribution in [0.5, 0.6) is 5.75 Å². The van der Waals surface area contributed by atoms with Crippen molar-refractivity contribution in [2.24, 2.45) is 10.7 Å². The van der Waals surface area contributed by atoms with Crippen LogP contribution in [-0.4, -0.2) is 36.0 Å². The third kappa shape index (κ3) is 5.01. The molecule has 0 fully saturated rings. The first kappa shape index (κ1) is 22.2. The number of halogens is 5. The standard InChI is InChI=1S/C19H17F5N4O3/c1-18(7-15(19(22,23)24)28-17(25)31-18)12-6-10(2-4-13(12)21)27-16(29)14-5-3-11(8-26-14)30-9-20/h2-6,8,15H,7,9H2,1H3,(H2,25,28)(H,27,29)/t15-,18-/m0/s1. The lowest BCUT2D eigenvalue weighted by atomic mass is 9.87. The zero-order valence-electron chi connectivity index (χ0n) is 16.0. The number of nitrogens with two attached hydrogens (primary N) is 1. The molecular formula is C19H17F5N4O3. The van der Waals surface area contributed by atoms with E-state index in [0.717, 1.165) is 18.3 Å². The summed E-state index contributed by atoms with van der Waals surface area (Å²) in [6, 6.07) is 3.08. The maximum Gasteiger partial charge on any atom is 0.411 e. The highest BCUT2D eigenvalue weighted by Gasteiger charge is 2.49. The Morgan fingerprint density at radius 1 is 1.35 bits per heavy atom. The minimum Gasteiger partial charge on any atom is -0.461 e. The van der Waals surface area contributed by atoms with Gasteiger partial charge in [0.15, 0.2) is 6.04 Å². The lowest BCUT2D eigenvalue weighted by Crippen LogP contribution is -2.46. The van der Waals surface area contributed by atoms with Crippen LogP contribution in [0.1, 0.15) is 29.4 Å². The molecule has 3 rings (SSSR count). The molecule has 0 saturated heterocycles. The summed E-state index contributed by atoms with van der Waals surface area (Å²) in [6.45, 7) is 0.194. The van der Waals surface area contributed by atoms with E-state index in [9.17, 15) is 26.7 Å². The van der Waals surface area contributed by atoms with Crippen molar-refractivity contribution in [3.8, 4) is 5.75 Å². The number of pyridine rings is 1. The van der Waals surface area contributed by atoms with Crippen LogP contribution < -0.4 is 15.8 Å². The van der Waals surface area contributed by atoms with E-state index >= 15 is 0 Å². The highest BCUT2D eigenvalue weighted by atomic mass is 19.4. The lowest BCUT2D eigenvalue weighted by molar-refractivity contribution is -0.164. The summed E-state index contributed by atoms with van der Waals surface area (Å²) in [4.78, 5) is 19.4. The number of alkyl halides is 4. The fourth-order valence-electron chi connectivity index (χ4n) is 3.09. The molecule has 1 aliphatic rings. The number of hydrogen-bond acceptors (Lipinski definition) is 6. The van der Waals surface area contributed by atoms with Crippen LogP contribution in [0.2, 0.25) is 0 Å². The van der Waals surface area contributed by atoms with Gasteiger partial charge in [0, 0.05) is 17.7 Å². The molecule has 2 heterocycles. The number of aliphatic imine (C=N–C) groups is 1. The van der Waals surface area contributed by atoms with E-state index in [1.807, 2.05) is 0 Å². The van der Waals surface area contributed by atoms with E-state index in [4.69, 9.17) is 10.5 Å². The number of carbonyl (C=O) groups excluding carboxylic acids is 1. The molecule has 7 nitrogen and oxygen atoms in total. The first-order valence-electron chi connectivity index (χ1n) is 8.87. The fraction of sp³-hybridized carbons (Fsp3) is 0.316. The number of aromatic nitrogens is 1. The van der Waals surface area contributed by atoms with Crippen molar-refractivity contribution in [2.45, 2.75) is 31.2 Å². The number of benzene rings is 1. The molecule has 0 aliphatic carbocycles. The second-order valence-corrected chi connectivity index (χ2v) is 6.84. The molecule has 0 bridgehead atoms. The molecule has 1 aromatic carbocycles. The average molecular weight is 444 g/mol. The zero-order chi connectivity index (χ0) is 22.8. The maximum atomic E-state index is 14.5. The van der Waals surface area contributed by atoms with Gasteiger partial charge in [-0.3, -0.25) is 4.79 Å². The summed E-state index contributed by atoms with van der Waals surface area (Å²) in [7, 11) is 0. The molecule has 166 valence electrons. The van der Waals surface area contributed by atoms with Crippen LogP contribution in [-0.2, 0) is 10.3 Å². The molecule has 0 radical (unpaired) electrons. The molecule has 2 aromatic rings. The topological polar surface area (TPSA) is 98.8 Å². The van der Waals surface area contributed by atoms with Gasteiger partial charge >= 0.3 is 6.18 Å². The third-order valence-electron chi connectivity index (χ3n) is 4.56. The molecule has 1 aromatic heterocycles. The molecular weight excluding hydrogens is 427 g/mol. The molecule has 1 aliphatic heterocycles. The second-order valence-electron chi connectivity index (χ2n) is 6.84. The average Bonchev–Trinajstić information content (AvgIpc) is 2.69. The highest BCUT2D eigenvalue weighted by molar-refractivity contribution is 6.02. The van der Waals surface area contributed by atoms with E-state index in [1.165, 1.54) is 25.1 Å². The predicted molar refractivity (Wildman–Crippen MR) is 99.7 cm³/mol. The zero-order valence-corrected chi connectivity index (χ0v) is 16.0. The van der Waals surface area contributed by atoms with Crippen LogP contribution >= 0.6 is 0 Å². The summed E-state index contributed by atoms with van der Waals surface area (Å²) in [5, 5.41) is 2.46. The largest absolute Gasteiger partial charge is 0.461 e. The third-order valence-corrected chi connectivity index (χ3v) is 4.56. The molecule has 0 saturated carbocycles. The minimum atomic E-state index is -4.69. The lowest BCUT2D eigenvalue weighted by Gasteiger charge is -2.37. The van der Waals surface area contributed by atoms with Gasteiger partial charge < -0.3 is 20.5 Å². The van der Waals surface area contributed by atoms with Crippen molar-refractivity contribution in [2.75, 3.05) is 12.2 Å². The van der Waals surface area contributed by atoms with Gasteiger partial charge in [-0.1, -0.05) is 0 Å². The quantitative estimate of drug-likeness (QED) is 0.686. The van der Waals surface area contributed by atoms with Crippen LogP contribution in [0.25, 0.3) is 0 Å². The fourth-order valence-corrected chi connectivity index (χ4v) is 3.09. The Bertz CT molecular complexity index is 997. The van der Waals surface area contributed by atoms with E-state index in [2.05, 4.69) is 20.0 Å². The van der Waals surface area contributed by atoms with E-state index in [1.54, 1.807) is 0 Å². The number of amidine groups is 1. The maximum absolute atomic E-state index is 14.5. The number of hydrogen-bond donors (Lipinski definition) is 2.